The van der Waals surface area contributed by atoms with E-state index in [4.69, 9.17) is 4.74 Å². The quantitative estimate of drug-likeness (QED) is 0.730. The van der Waals surface area contributed by atoms with Gasteiger partial charge in [0.1, 0.15) is 0 Å². The lowest BCUT2D eigenvalue weighted by atomic mass is 9.92. The Labute approximate surface area is 126 Å². The molecule has 1 N–H and O–H groups in total. The first-order chi connectivity index (χ1) is 9.70. The second kappa shape index (κ2) is 8.38. The van der Waals surface area contributed by atoms with Crippen molar-refractivity contribution in [2.24, 2.45) is 0 Å². The number of hydrogen-bond donors (Lipinski definition) is 1. The van der Waals surface area contributed by atoms with Gasteiger partial charge < -0.3 is 10.1 Å². The van der Waals surface area contributed by atoms with Gasteiger partial charge in [-0.05, 0) is 25.7 Å². The Hall–Kier alpha value is -0.0800. The van der Waals surface area contributed by atoms with E-state index in [-0.39, 0.29) is 5.60 Å². The van der Waals surface area contributed by atoms with E-state index < -0.39 is 0 Å². The van der Waals surface area contributed by atoms with Crippen LogP contribution in [0.1, 0.15) is 90.9 Å². The number of rotatable bonds is 5. The zero-order chi connectivity index (χ0) is 14.3. The normalized spacial score (nSPS) is 25.4. The molecule has 0 unspecified atom stereocenters. The fourth-order valence-electron chi connectivity index (χ4n) is 3.81. The van der Waals surface area contributed by atoms with Crippen LogP contribution in [0.25, 0.3) is 0 Å². The highest BCUT2D eigenvalue weighted by Crippen LogP contribution is 2.34. The van der Waals surface area contributed by atoms with E-state index in [1.165, 1.54) is 77.0 Å². The Morgan fingerprint density at radius 1 is 0.900 bits per heavy atom. The van der Waals surface area contributed by atoms with E-state index in [9.17, 15) is 0 Å². The van der Waals surface area contributed by atoms with Gasteiger partial charge in [0.15, 0.2) is 0 Å². The third-order valence-corrected chi connectivity index (χ3v) is 5.07. The Balaban J connectivity index is 1.96. The zero-order valence-corrected chi connectivity index (χ0v) is 13.8. The van der Waals surface area contributed by atoms with Crippen LogP contribution in [-0.2, 0) is 4.74 Å². The van der Waals surface area contributed by atoms with Crippen molar-refractivity contribution in [2.45, 2.75) is 109 Å². The molecular formula is C18H35NO. The van der Waals surface area contributed by atoms with Crippen molar-refractivity contribution < 1.29 is 4.74 Å². The largest absolute Gasteiger partial charge is 0.370 e. The Morgan fingerprint density at radius 3 is 2.00 bits per heavy atom. The molecule has 0 aromatic rings. The second-order valence-electron chi connectivity index (χ2n) is 7.36. The van der Waals surface area contributed by atoms with Crippen LogP contribution in [0, 0.1) is 0 Å². The summed E-state index contributed by atoms with van der Waals surface area (Å²) in [6, 6.07) is 0.563. The Morgan fingerprint density at radius 2 is 1.45 bits per heavy atom. The Kier molecular flexibility index (Phi) is 6.83. The summed E-state index contributed by atoms with van der Waals surface area (Å²) in [5, 5.41) is 3.66. The molecule has 0 aromatic carbocycles. The predicted molar refractivity (Wildman–Crippen MR) is 86.1 cm³/mol. The summed E-state index contributed by atoms with van der Waals surface area (Å²) < 4.78 is 6.77. The molecule has 2 aliphatic carbocycles. The molecule has 2 aliphatic rings. The topological polar surface area (TPSA) is 21.3 Å². The van der Waals surface area contributed by atoms with Gasteiger partial charge in [-0.15, -0.1) is 0 Å². The van der Waals surface area contributed by atoms with Crippen LogP contribution >= 0.6 is 0 Å². The molecule has 0 amide bonds. The van der Waals surface area contributed by atoms with Crippen LogP contribution < -0.4 is 5.32 Å². The molecule has 0 atom stereocenters. The predicted octanol–water partition coefficient (Wildman–Crippen LogP) is 4.82. The van der Waals surface area contributed by atoms with Crippen molar-refractivity contribution >= 4 is 0 Å². The molecule has 2 saturated carbocycles. The molecule has 2 nitrogen and oxygen atoms in total. The summed E-state index contributed by atoms with van der Waals surface area (Å²) in [7, 11) is 0. The summed E-state index contributed by atoms with van der Waals surface area (Å²) in [5.74, 6) is 0. The molecule has 0 saturated heterocycles. The fourth-order valence-corrected chi connectivity index (χ4v) is 3.81. The molecule has 0 aromatic heterocycles. The number of hydrogen-bond acceptors (Lipinski definition) is 2. The van der Waals surface area contributed by atoms with E-state index in [2.05, 4.69) is 19.2 Å². The maximum atomic E-state index is 6.77. The second-order valence-corrected chi connectivity index (χ2v) is 7.36. The number of nitrogens with one attached hydrogen (secondary N) is 1. The lowest BCUT2D eigenvalue weighted by Gasteiger charge is -2.37. The smallest absolute Gasteiger partial charge is 0.0810 e. The molecule has 0 radical (unpaired) electrons. The van der Waals surface area contributed by atoms with Crippen LogP contribution in [-0.4, -0.2) is 24.3 Å². The summed E-state index contributed by atoms with van der Waals surface area (Å²) in [4.78, 5) is 0. The average Bonchev–Trinajstić information content (AvgIpc) is 2.80. The van der Waals surface area contributed by atoms with E-state index in [0.29, 0.717) is 12.1 Å². The van der Waals surface area contributed by atoms with Gasteiger partial charge in [0.25, 0.3) is 0 Å². The van der Waals surface area contributed by atoms with Crippen molar-refractivity contribution in [3.8, 4) is 0 Å². The van der Waals surface area contributed by atoms with E-state index in [1.54, 1.807) is 0 Å². The van der Waals surface area contributed by atoms with E-state index in [1.807, 2.05) is 0 Å². The van der Waals surface area contributed by atoms with Crippen molar-refractivity contribution in [1.29, 1.82) is 0 Å². The van der Waals surface area contributed by atoms with Gasteiger partial charge in [0.05, 0.1) is 11.7 Å². The third kappa shape index (κ3) is 5.37. The molecule has 2 fully saturated rings. The summed E-state index contributed by atoms with van der Waals surface area (Å²) in [6.07, 6.45) is 16.7. The maximum absolute atomic E-state index is 6.77. The monoisotopic (exact) mass is 281 g/mol. The molecule has 0 heterocycles. The lowest BCUT2D eigenvalue weighted by molar-refractivity contribution is -0.106. The Bertz CT molecular complexity index is 248. The minimum absolute atomic E-state index is 0.135. The first kappa shape index (κ1) is 16.3. The highest BCUT2D eigenvalue weighted by Gasteiger charge is 2.34. The van der Waals surface area contributed by atoms with E-state index in [0.717, 1.165) is 6.54 Å². The lowest BCUT2D eigenvalue weighted by Crippen LogP contribution is -2.47. The molecule has 0 bridgehead atoms. The van der Waals surface area contributed by atoms with Gasteiger partial charge in [-0.3, -0.25) is 0 Å². The van der Waals surface area contributed by atoms with Gasteiger partial charge in [-0.25, -0.2) is 0 Å². The molecule has 0 aliphatic heterocycles. The van der Waals surface area contributed by atoms with E-state index >= 15 is 0 Å². The fraction of sp³-hybridized carbons (Fsp3) is 1.00. The minimum Gasteiger partial charge on any atom is -0.370 e. The molecule has 118 valence electrons. The molecule has 2 rings (SSSR count). The zero-order valence-electron chi connectivity index (χ0n) is 13.8. The maximum Gasteiger partial charge on any atom is 0.0810 e. The molecule has 20 heavy (non-hydrogen) atoms. The van der Waals surface area contributed by atoms with Gasteiger partial charge in [0.2, 0.25) is 0 Å². The third-order valence-electron chi connectivity index (χ3n) is 5.07. The average molecular weight is 281 g/mol. The van der Waals surface area contributed by atoms with Crippen LogP contribution in [0.5, 0.6) is 0 Å². The highest BCUT2D eigenvalue weighted by atomic mass is 16.5. The highest BCUT2D eigenvalue weighted by molar-refractivity contribution is 4.88. The first-order valence-corrected chi connectivity index (χ1v) is 9.11. The van der Waals surface area contributed by atoms with Gasteiger partial charge in [0, 0.05) is 12.6 Å². The van der Waals surface area contributed by atoms with Crippen molar-refractivity contribution in [2.75, 3.05) is 6.54 Å². The van der Waals surface area contributed by atoms with Crippen molar-refractivity contribution in [3.05, 3.63) is 0 Å². The summed E-state index contributed by atoms with van der Waals surface area (Å²) in [6.45, 7) is 5.55. The first-order valence-electron chi connectivity index (χ1n) is 9.11. The van der Waals surface area contributed by atoms with Crippen molar-refractivity contribution in [3.63, 3.8) is 0 Å². The standard InChI is InChI=1S/C18H35NO/c1-16(2)19-15-18(13-9-5-6-10-14-18)20-17-11-7-3-4-8-12-17/h16-17,19H,3-15H2,1-2H3. The molecule has 0 spiro atoms. The van der Waals surface area contributed by atoms with Gasteiger partial charge >= 0.3 is 0 Å². The van der Waals surface area contributed by atoms with Crippen LogP contribution in [0.4, 0.5) is 0 Å². The molecule has 2 heteroatoms. The SMILES string of the molecule is CC(C)NCC1(OC2CCCCCC2)CCCCCC1. The van der Waals surface area contributed by atoms with Crippen molar-refractivity contribution in [1.82, 2.24) is 5.32 Å². The van der Waals surface area contributed by atoms with Gasteiger partial charge in [-0.1, -0.05) is 65.2 Å². The molecular weight excluding hydrogens is 246 g/mol. The van der Waals surface area contributed by atoms with Crippen LogP contribution in [0.2, 0.25) is 0 Å². The summed E-state index contributed by atoms with van der Waals surface area (Å²) >= 11 is 0. The van der Waals surface area contributed by atoms with Gasteiger partial charge in [-0.2, -0.15) is 0 Å². The number of ether oxygens (including phenoxy) is 1. The van der Waals surface area contributed by atoms with Crippen LogP contribution in [0.15, 0.2) is 0 Å². The van der Waals surface area contributed by atoms with Crippen LogP contribution in [0.3, 0.4) is 0 Å². The minimum atomic E-state index is 0.135. The summed E-state index contributed by atoms with van der Waals surface area (Å²) in [5.41, 5.74) is 0.135.